The molecule has 19 heavy (non-hydrogen) atoms. The Morgan fingerprint density at radius 1 is 1.47 bits per heavy atom. The first-order valence-corrected chi connectivity index (χ1v) is 6.53. The smallest absolute Gasteiger partial charge is 0.307 e. The quantitative estimate of drug-likeness (QED) is 0.708. The van der Waals surface area contributed by atoms with Crippen molar-refractivity contribution in [2.75, 3.05) is 25.1 Å². The zero-order valence-corrected chi connectivity index (χ0v) is 12.0. The molecular formula is C14H22N2O3. The highest BCUT2D eigenvalue weighted by Crippen LogP contribution is 2.25. The molecule has 1 aromatic rings. The van der Waals surface area contributed by atoms with E-state index in [4.69, 9.17) is 9.47 Å². The standard InChI is InChI=1S/C14H22N2O3/c1-5-18-13(17)8-10-16(4)14-12(19-11(2)3)7-6-9-15-14/h6-7,9,11H,5,8,10H2,1-4H3. The molecule has 5 nitrogen and oxygen atoms in total. The number of rotatable bonds is 7. The van der Waals surface area contributed by atoms with Gasteiger partial charge in [0.25, 0.3) is 0 Å². The van der Waals surface area contributed by atoms with E-state index in [2.05, 4.69) is 4.98 Å². The fourth-order valence-electron chi connectivity index (χ4n) is 1.61. The number of ether oxygens (including phenoxy) is 2. The van der Waals surface area contributed by atoms with Gasteiger partial charge in [-0.25, -0.2) is 4.98 Å². The molecule has 5 heteroatoms. The average molecular weight is 266 g/mol. The van der Waals surface area contributed by atoms with E-state index >= 15 is 0 Å². The van der Waals surface area contributed by atoms with Crippen LogP contribution in [-0.4, -0.2) is 37.3 Å². The molecule has 0 aliphatic heterocycles. The number of pyridine rings is 1. The van der Waals surface area contributed by atoms with Crippen LogP contribution in [0.25, 0.3) is 0 Å². The van der Waals surface area contributed by atoms with Gasteiger partial charge in [-0.3, -0.25) is 4.79 Å². The fraction of sp³-hybridized carbons (Fsp3) is 0.571. The van der Waals surface area contributed by atoms with Gasteiger partial charge in [-0.05, 0) is 32.9 Å². The predicted octanol–water partition coefficient (Wildman–Crippen LogP) is 2.26. The number of esters is 1. The molecule has 1 aromatic heterocycles. The van der Waals surface area contributed by atoms with Crippen LogP contribution >= 0.6 is 0 Å². The first-order chi connectivity index (χ1) is 9.04. The van der Waals surface area contributed by atoms with E-state index in [1.54, 1.807) is 13.1 Å². The lowest BCUT2D eigenvalue weighted by atomic mass is 10.3. The number of aromatic nitrogens is 1. The Morgan fingerprint density at radius 3 is 2.84 bits per heavy atom. The molecule has 0 aliphatic rings. The van der Waals surface area contributed by atoms with Crippen molar-refractivity contribution in [3.63, 3.8) is 0 Å². The van der Waals surface area contributed by atoms with Gasteiger partial charge < -0.3 is 14.4 Å². The molecule has 0 aliphatic carbocycles. The second kappa shape index (κ2) is 7.61. The largest absolute Gasteiger partial charge is 0.487 e. The number of nitrogens with zero attached hydrogens (tertiary/aromatic N) is 2. The zero-order chi connectivity index (χ0) is 14.3. The van der Waals surface area contributed by atoms with Gasteiger partial charge in [-0.2, -0.15) is 0 Å². The van der Waals surface area contributed by atoms with Crippen LogP contribution in [0.4, 0.5) is 5.82 Å². The Labute approximate surface area is 114 Å². The molecule has 1 rings (SSSR count). The average Bonchev–Trinajstić information content (AvgIpc) is 2.36. The van der Waals surface area contributed by atoms with Gasteiger partial charge in [0.1, 0.15) is 0 Å². The third kappa shape index (κ3) is 5.16. The summed E-state index contributed by atoms with van der Waals surface area (Å²) in [5.74, 6) is 1.26. The van der Waals surface area contributed by atoms with Crippen molar-refractivity contribution in [1.29, 1.82) is 0 Å². The minimum atomic E-state index is -0.198. The summed E-state index contributed by atoms with van der Waals surface area (Å²) in [6.07, 6.45) is 2.13. The van der Waals surface area contributed by atoms with Gasteiger partial charge in [0, 0.05) is 19.8 Å². The zero-order valence-electron chi connectivity index (χ0n) is 12.0. The third-order valence-electron chi connectivity index (χ3n) is 2.43. The topological polar surface area (TPSA) is 51.7 Å². The summed E-state index contributed by atoms with van der Waals surface area (Å²) in [7, 11) is 1.88. The molecular weight excluding hydrogens is 244 g/mol. The maximum Gasteiger partial charge on any atom is 0.307 e. The molecule has 0 N–H and O–H groups in total. The van der Waals surface area contributed by atoms with E-state index in [-0.39, 0.29) is 12.1 Å². The van der Waals surface area contributed by atoms with E-state index in [1.165, 1.54) is 0 Å². The monoisotopic (exact) mass is 266 g/mol. The lowest BCUT2D eigenvalue weighted by Gasteiger charge is -2.21. The first-order valence-electron chi connectivity index (χ1n) is 6.53. The molecule has 0 saturated heterocycles. The third-order valence-corrected chi connectivity index (χ3v) is 2.43. The molecule has 106 valence electrons. The van der Waals surface area contributed by atoms with Crippen LogP contribution in [0.1, 0.15) is 27.2 Å². The van der Waals surface area contributed by atoms with Crippen molar-refractivity contribution in [2.24, 2.45) is 0 Å². The molecule has 0 bridgehead atoms. The highest BCUT2D eigenvalue weighted by molar-refractivity contribution is 5.70. The van der Waals surface area contributed by atoms with Crippen LogP contribution in [0.15, 0.2) is 18.3 Å². The van der Waals surface area contributed by atoms with E-state index in [0.717, 1.165) is 11.6 Å². The lowest BCUT2D eigenvalue weighted by Crippen LogP contribution is -2.24. The van der Waals surface area contributed by atoms with Crippen LogP contribution in [0, 0.1) is 0 Å². The van der Waals surface area contributed by atoms with Gasteiger partial charge >= 0.3 is 5.97 Å². The molecule has 0 fully saturated rings. The minimum Gasteiger partial charge on any atom is -0.487 e. The maximum atomic E-state index is 11.3. The van der Waals surface area contributed by atoms with E-state index in [1.807, 2.05) is 37.9 Å². The van der Waals surface area contributed by atoms with Gasteiger partial charge in [0.15, 0.2) is 11.6 Å². The highest BCUT2D eigenvalue weighted by atomic mass is 16.5. The number of hydrogen-bond acceptors (Lipinski definition) is 5. The summed E-state index contributed by atoms with van der Waals surface area (Å²) in [4.78, 5) is 17.5. The molecule has 0 spiro atoms. The molecule has 0 saturated carbocycles. The van der Waals surface area contributed by atoms with Gasteiger partial charge in [-0.1, -0.05) is 0 Å². The Hall–Kier alpha value is -1.78. The Morgan fingerprint density at radius 2 is 2.21 bits per heavy atom. The van der Waals surface area contributed by atoms with Crippen LogP contribution < -0.4 is 9.64 Å². The minimum absolute atomic E-state index is 0.0846. The summed E-state index contributed by atoms with van der Waals surface area (Å²) in [6, 6.07) is 3.71. The number of carbonyl (C=O) groups excluding carboxylic acids is 1. The summed E-state index contributed by atoms with van der Waals surface area (Å²) in [6.45, 7) is 6.69. The first kappa shape index (κ1) is 15.3. The predicted molar refractivity (Wildman–Crippen MR) is 74.5 cm³/mol. The summed E-state index contributed by atoms with van der Waals surface area (Å²) in [5.41, 5.74) is 0. The fourth-order valence-corrected chi connectivity index (χ4v) is 1.61. The second-order valence-corrected chi connectivity index (χ2v) is 4.47. The van der Waals surface area contributed by atoms with E-state index in [0.29, 0.717) is 19.6 Å². The van der Waals surface area contributed by atoms with Crippen molar-refractivity contribution in [1.82, 2.24) is 4.98 Å². The molecule has 1 heterocycles. The molecule has 0 aromatic carbocycles. The van der Waals surface area contributed by atoms with Crippen LogP contribution in [0.2, 0.25) is 0 Å². The van der Waals surface area contributed by atoms with Crippen LogP contribution in [-0.2, 0) is 9.53 Å². The molecule has 0 amide bonds. The number of anilines is 1. The van der Waals surface area contributed by atoms with Crippen molar-refractivity contribution in [3.05, 3.63) is 18.3 Å². The normalized spacial score (nSPS) is 10.4. The van der Waals surface area contributed by atoms with Gasteiger partial charge in [-0.15, -0.1) is 0 Å². The highest BCUT2D eigenvalue weighted by Gasteiger charge is 2.12. The van der Waals surface area contributed by atoms with Crippen LogP contribution in [0.3, 0.4) is 0 Å². The SMILES string of the molecule is CCOC(=O)CCN(C)c1ncccc1OC(C)C. The van der Waals surface area contributed by atoms with Crippen LogP contribution in [0.5, 0.6) is 5.75 Å². The number of hydrogen-bond donors (Lipinski definition) is 0. The van der Waals surface area contributed by atoms with Gasteiger partial charge in [0.2, 0.25) is 0 Å². The summed E-state index contributed by atoms with van der Waals surface area (Å²) >= 11 is 0. The Bertz CT molecular complexity index is 407. The lowest BCUT2D eigenvalue weighted by molar-refractivity contribution is -0.142. The second-order valence-electron chi connectivity index (χ2n) is 4.47. The van der Waals surface area contributed by atoms with Crippen molar-refractivity contribution in [3.8, 4) is 5.75 Å². The molecule has 0 unspecified atom stereocenters. The number of carbonyl (C=O) groups is 1. The molecule has 0 atom stereocenters. The van der Waals surface area contributed by atoms with E-state index < -0.39 is 0 Å². The Balaban J connectivity index is 2.65. The van der Waals surface area contributed by atoms with Crippen molar-refractivity contribution < 1.29 is 14.3 Å². The summed E-state index contributed by atoms with van der Waals surface area (Å²) in [5, 5.41) is 0. The maximum absolute atomic E-state index is 11.3. The summed E-state index contributed by atoms with van der Waals surface area (Å²) < 4.78 is 10.6. The van der Waals surface area contributed by atoms with Crippen molar-refractivity contribution >= 4 is 11.8 Å². The Kier molecular flexibility index (Phi) is 6.12. The van der Waals surface area contributed by atoms with Crippen molar-refractivity contribution in [2.45, 2.75) is 33.3 Å². The molecule has 0 radical (unpaired) electrons. The van der Waals surface area contributed by atoms with E-state index in [9.17, 15) is 4.79 Å². The van der Waals surface area contributed by atoms with Gasteiger partial charge in [0.05, 0.1) is 19.1 Å².